The summed E-state index contributed by atoms with van der Waals surface area (Å²) >= 11 is 0. The maximum Gasteiger partial charge on any atom is 0.356 e. The van der Waals surface area contributed by atoms with Gasteiger partial charge in [0.2, 0.25) is 5.89 Å². The van der Waals surface area contributed by atoms with Crippen LogP contribution in [0.25, 0.3) is 33.8 Å². The van der Waals surface area contributed by atoms with Crippen molar-refractivity contribution in [1.29, 1.82) is 0 Å². The van der Waals surface area contributed by atoms with Gasteiger partial charge in [-0.15, -0.1) is 0 Å². The average molecular weight is 348 g/mol. The van der Waals surface area contributed by atoms with E-state index in [1.807, 2.05) is 29.8 Å². The van der Waals surface area contributed by atoms with Crippen LogP contribution in [0.15, 0.2) is 53.5 Å². The zero-order valence-electron chi connectivity index (χ0n) is 14.3. The first kappa shape index (κ1) is 16.0. The van der Waals surface area contributed by atoms with Crippen molar-refractivity contribution < 1.29 is 13.9 Å². The summed E-state index contributed by atoms with van der Waals surface area (Å²) in [5, 5.41) is 0. The van der Waals surface area contributed by atoms with Gasteiger partial charge in [-0.2, -0.15) is 0 Å². The number of esters is 1. The Morgan fingerprint density at radius 2 is 2.12 bits per heavy atom. The highest BCUT2D eigenvalue weighted by atomic mass is 16.5. The Hall–Kier alpha value is -3.48. The molecule has 0 amide bonds. The van der Waals surface area contributed by atoms with Gasteiger partial charge in [-0.3, -0.25) is 0 Å². The van der Waals surface area contributed by atoms with Crippen molar-refractivity contribution in [3.05, 3.63) is 54.7 Å². The lowest BCUT2D eigenvalue weighted by Gasteiger charge is -2.01. The summed E-state index contributed by atoms with van der Waals surface area (Å²) in [4.78, 5) is 24.5. The number of pyridine rings is 1. The predicted molar refractivity (Wildman–Crippen MR) is 95.4 cm³/mol. The van der Waals surface area contributed by atoms with E-state index in [0.29, 0.717) is 23.6 Å². The van der Waals surface area contributed by atoms with Crippen LogP contribution in [-0.4, -0.2) is 32.1 Å². The van der Waals surface area contributed by atoms with E-state index in [2.05, 4.69) is 15.0 Å². The number of hydrogen-bond donors (Lipinski definition) is 0. The first-order chi connectivity index (χ1) is 12.7. The van der Waals surface area contributed by atoms with Crippen LogP contribution >= 0.6 is 0 Å². The van der Waals surface area contributed by atoms with Crippen molar-refractivity contribution in [2.45, 2.75) is 6.92 Å². The van der Waals surface area contributed by atoms with Gasteiger partial charge < -0.3 is 13.7 Å². The monoisotopic (exact) mass is 348 g/mol. The second kappa shape index (κ2) is 6.44. The number of hydrogen-bond acceptors (Lipinski definition) is 6. The highest BCUT2D eigenvalue weighted by Gasteiger charge is 2.14. The van der Waals surface area contributed by atoms with Crippen LogP contribution in [0.1, 0.15) is 17.4 Å². The van der Waals surface area contributed by atoms with Gasteiger partial charge in [0, 0.05) is 24.4 Å². The molecule has 0 aliphatic carbocycles. The predicted octanol–water partition coefficient (Wildman–Crippen LogP) is 3.47. The topological polar surface area (TPSA) is 83.0 Å². The number of fused-ring (bicyclic) bond motifs is 1. The maximum absolute atomic E-state index is 11.9. The van der Waals surface area contributed by atoms with Gasteiger partial charge in [0.15, 0.2) is 5.58 Å². The number of rotatable bonds is 4. The highest BCUT2D eigenvalue weighted by Crippen LogP contribution is 2.28. The molecule has 0 spiro atoms. The Balaban J connectivity index is 1.73. The van der Waals surface area contributed by atoms with Crippen LogP contribution in [0.3, 0.4) is 0 Å². The number of carbonyl (C=O) groups is 1. The third-order valence-corrected chi connectivity index (χ3v) is 3.99. The largest absolute Gasteiger partial charge is 0.461 e. The third kappa shape index (κ3) is 2.83. The Morgan fingerprint density at radius 1 is 1.23 bits per heavy atom. The van der Waals surface area contributed by atoms with Crippen LogP contribution in [0.5, 0.6) is 0 Å². The molecular weight excluding hydrogens is 332 g/mol. The maximum atomic E-state index is 11.9. The molecule has 7 heteroatoms. The number of carbonyl (C=O) groups excluding carboxylic acids is 1. The first-order valence-corrected chi connectivity index (χ1v) is 8.16. The van der Waals surface area contributed by atoms with Crippen molar-refractivity contribution in [1.82, 2.24) is 19.5 Å². The average Bonchev–Trinajstić information content (AvgIpc) is 3.27. The molecule has 0 aliphatic rings. The van der Waals surface area contributed by atoms with Gasteiger partial charge in [-0.25, -0.2) is 19.7 Å². The minimum absolute atomic E-state index is 0.224. The van der Waals surface area contributed by atoms with E-state index in [4.69, 9.17) is 9.15 Å². The molecule has 3 heterocycles. The van der Waals surface area contributed by atoms with Gasteiger partial charge in [-0.05, 0) is 31.2 Å². The number of aromatic nitrogens is 4. The fourth-order valence-corrected chi connectivity index (χ4v) is 2.72. The van der Waals surface area contributed by atoms with E-state index in [0.717, 1.165) is 16.8 Å². The molecule has 4 rings (SSSR count). The first-order valence-electron chi connectivity index (χ1n) is 8.16. The minimum Gasteiger partial charge on any atom is -0.461 e. The summed E-state index contributed by atoms with van der Waals surface area (Å²) in [6, 6.07) is 9.16. The fourth-order valence-electron chi connectivity index (χ4n) is 2.72. The zero-order chi connectivity index (χ0) is 18.1. The quantitative estimate of drug-likeness (QED) is 0.525. The molecule has 0 radical (unpaired) electrons. The molecule has 0 fully saturated rings. The van der Waals surface area contributed by atoms with Crippen LogP contribution in [-0.2, 0) is 11.8 Å². The summed E-state index contributed by atoms with van der Waals surface area (Å²) in [7, 11) is 1.94. The molecule has 0 N–H and O–H groups in total. The molecule has 4 aromatic rings. The summed E-state index contributed by atoms with van der Waals surface area (Å²) in [6.07, 6.45) is 5.09. The second-order valence-electron chi connectivity index (χ2n) is 5.74. The summed E-state index contributed by atoms with van der Waals surface area (Å²) < 4.78 is 12.8. The van der Waals surface area contributed by atoms with Gasteiger partial charge in [0.05, 0.1) is 24.8 Å². The molecule has 26 heavy (non-hydrogen) atoms. The van der Waals surface area contributed by atoms with Gasteiger partial charge in [0.25, 0.3) is 0 Å². The zero-order valence-corrected chi connectivity index (χ0v) is 14.3. The van der Waals surface area contributed by atoms with Gasteiger partial charge >= 0.3 is 5.97 Å². The van der Waals surface area contributed by atoms with Crippen molar-refractivity contribution in [3.63, 3.8) is 0 Å². The molecule has 7 nitrogen and oxygen atoms in total. The van der Waals surface area contributed by atoms with E-state index in [1.54, 1.807) is 31.6 Å². The van der Waals surface area contributed by atoms with Crippen LogP contribution in [0, 0.1) is 0 Å². The highest BCUT2D eigenvalue weighted by molar-refractivity contribution is 5.89. The Labute approximate surface area is 149 Å². The number of imidazole rings is 1. The van der Waals surface area contributed by atoms with Gasteiger partial charge in [0.1, 0.15) is 11.2 Å². The van der Waals surface area contributed by atoms with E-state index in [-0.39, 0.29) is 5.69 Å². The number of nitrogens with zero attached hydrogens (tertiary/aromatic N) is 4. The number of ether oxygens (including phenoxy) is 1. The smallest absolute Gasteiger partial charge is 0.356 e. The van der Waals surface area contributed by atoms with E-state index in [1.165, 1.54) is 6.20 Å². The van der Waals surface area contributed by atoms with E-state index >= 15 is 0 Å². The van der Waals surface area contributed by atoms with Crippen LogP contribution in [0.4, 0.5) is 0 Å². The third-order valence-electron chi connectivity index (χ3n) is 3.99. The lowest BCUT2D eigenvalue weighted by Crippen LogP contribution is -2.06. The van der Waals surface area contributed by atoms with Crippen molar-refractivity contribution >= 4 is 17.1 Å². The van der Waals surface area contributed by atoms with Crippen LogP contribution < -0.4 is 0 Å². The SMILES string of the molecule is CCOC(=O)c1cc(-c2nc3ccc(-c4cncn4C)cc3o2)ccn1. The molecular formula is C19H16N4O3. The molecule has 1 aromatic carbocycles. The molecule has 3 aromatic heterocycles. The molecule has 0 bridgehead atoms. The number of aryl methyl sites for hydroxylation is 1. The number of oxazole rings is 1. The van der Waals surface area contributed by atoms with E-state index < -0.39 is 5.97 Å². The number of benzene rings is 1. The molecule has 0 atom stereocenters. The van der Waals surface area contributed by atoms with Crippen molar-refractivity contribution in [2.75, 3.05) is 6.61 Å². The standard InChI is InChI=1S/C19H16N4O3/c1-3-25-19(24)15-8-13(6-7-21-15)18-22-14-5-4-12(9-17(14)26-18)16-10-20-11-23(16)2/h4-11H,3H2,1-2H3. The Kier molecular flexibility index (Phi) is 3.96. The fraction of sp³-hybridized carbons (Fsp3) is 0.158. The van der Waals surface area contributed by atoms with E-state index in [9.17, 15) is 4.79 Å². The molecule has 0 saturated heterocycles. The van der Waals surface area contributed by atoms with Gasteiger partial charge in [-0.1, -0.05) is 6.07 Å². The van der Waals surface area contributed by atoms with Crippen molar-refractivity contribution in [3.8, 4) is 22.7 Å². The molecule has 0 saturated carbocycles. The molecule has 0 aliphatic heterocycles. The Bertz CT molecular complexity index is 1100. The molecule has 130 valence electrons. The van der Waals surface area contributed by atoms with Crippen molar-refractivity contribution in [2.24, 2.45) is 7.05 Å². The summed E-state index contributed by atoms with van der Waals surface area (Å²) in [5.41, 5.74) is 4.26. The van der Waals surface area contributed by atoms with Crippen LogP contribution in [0.2, 0.25) is 0 Å². The minimum atomic E-state index is -0.469. The second-order valence-corrected chi connectivity index (χ2v) is 5.74. The normalized spacial score (nSPS) is 11.0. The Morgan fingerprint density at radius 3 is 2.88 bits per heavy atom. The summed E-state index contributed by atoms with van der Waals surface area (Å²) in [6.45, 7) is 2.05. The molecule has 0 unspecified atom stereocenters. The lowest BCUT2D eigenvalue weighted by atomic mass is 10.1. The lowest BCUT2D eigenvalue weighted by molar-refractivity contribution is 0.0519. The summed E-state index contributed by atoms with van der Waals surface area (Å²) in [5.74, 6) is -0.0425.